The lowest BCUT2D eigenvalue weighted by molar-refractivity contribution is 0.289. The Labute approximate surface area is 70.6 Å². The summed E-state index contributed by atoms with van der Waals surface area (Å²) < 4.78 is 0. The van der Waals surface area contributed by atoms with E-state index in [0.717, 1.165) is 0 Å². The lowest BCUT2D eigenvalue weighted by Crippen LogP contribution is -2.33. The molecule has 0 bridgehead atoms. The first-order chi connectivity index (χ1) is 4.68. The standard InChI is InChI=1S/C5H10N2OS2/c6-4(9)5(10)7-2-1-3-8/h8H,1-3H2,(H2,6,9)(H,7,10). The maximum Gasteiger partial charge on any atom is 0.133 e. The number of thiocarbonyl (C=S) groups is 2. The van der Waals surface area contributed by atoms with Crippen molar-refractivity contribution in [3.05, 3.63) is 0 Å². The number of aliphatic hydroxyl groups excluding tert-OH is 1. The Balaban J connectivity index is 3.31. The van der Waals surface area contributed by atoms with E-state index in [1.807, 2.05) is 0 Å². The van der Waals surface area contributed by atoms with Crippen LogP contribution in [-0.4, -0.2) is 28.2 Å². The van der Waals surface area contributed by atoms with Crippen LogP contribution in [-0.2, 0) is 0 Å². The topological polar surface area (TPSA) is 58.3 Å². The van der Waals surface area contributed by atoms with Crippen LogP contribution in [0.3, 0.4) is 0 Å². The Bertz CT molecular complexity index is 138. The third-order valence-corrected chi connectivity index (χ3v) is 1.54. The summed E-state index contributed by atoms with van der Waals surface area (Å²) in [4.78, 5) is 0.594. The molecule has 4 N–H and O–H groups in total. The molecule has 3 nitrogen and oxygen atoms in total. The molecule has 0 aromatic rings. The van der Waals surface area contributed by atoms with Crippen molar-refractivity contribution in [1.82, 2.24) is 5.32 Å². The third kappa shape index (κ3) is 4.60. The van der Waals surface area contributed by atoms with Gasteiger partial charge in [0.1, 0.15) is 9.98 Å². The molecule has 0 aliphatic rings. The molecule has 0 aliphatic carbocycles. The van der Waals surface area contributed by atoms with Gasteiger partial charge in [0, 0.05) is 13.2 Å². The Kier molecular flexibility index (Phi) is 5.38. The molecule has 5 heteroatoms. The van der Waals surface area contributed by atoms with E-state index >= 15 is 0 Å². The second-order valence-corrected chi connectivity index (χ2v) is 2.55. The van der Waals surface area contributed by atoms with Crippen molar-refractivity contribution in [3.63, 3.8) is 0 Å². The molecule has 0 aliphatic heterocycles. The molecule has 0 unspecified atom stereocenters. The molecular weight excluding hydrogens is 168 g/mol. The minimum atomic E-state index is 0.146. The molecule has 0 rings (SSSR count). The monoisotopic (exact) mass is 178 g/mol. The molecule has 0 heterocycles. The zero-order chi connectivity index (χ0) is 7.98. The van der Waals surface area contributed by atoms with Crippen molar-refractivity contribution in [2.24, 2.45) is 5.73 Å². The van der Waals surface area contributed by atoms with Crippen LogP contribution in [0, 0.1) is 0 Å². The first kappa shape index (κ1) is 9.74. The SMILES string of the molecule is NC(=S)C(=S)NCCCO. The van der Waals surface area contributed by atoms with E-state index in [1.165, 1.54) is 0 Å². The molecule has 0 aromatic carbocycles. The highest BCUT2D eigenvalue weighted by Gasteiger charge is 1.95. The van der Waals surface area contributed by atoms with Crippen LogP contribution in [0.4, 0.5) is 0 Å². The second kappa shape index (κ2) is 5.52. The highest BCUT2D eigenvalue weighted by molar-refractivity contribution is 7.89. The Hall–Kier alpha value is -0.260. The van der Waals surface area contributed by atoms with Gasteiger partial charge in [-0.25, -0.2) is 0 Å². The molecule has 10 heavy (non-hydrogen) atoms. The number of rotatable bonds is 3. The Morgan fingerprint density at radius 2 is 2.10 bits per heavy atom. The Morgan fingerprint density at radius 1 is 1.50 bits per heavy atom. The van der Waals surface area contributed by atoms with Gasteiger partial charge in [-0.3, -0.25) is 0 Å². The van der Waals surface area contributed by atoms with Gasteiger partial charge in [0.05, 0.1) is 0 Å². The minimum Gasteiger partial charge on any atom is -0.396 e. The lowest BCUT2D eigenvalue weighted by Gasteiger charge is -2.03. The van der Waals surface area contributed by atoms with Crippen LogP contribution in [0.1, 0.15) is 6.42 Å². The summed E-state index contributed by atoms with van der Waals surface area (Å²) >= 11 is 9.31. The van der Waals surface area contributed by atoms with Crippen molar-refractivity contribution in [2.75, 3.05) is 13.2 Å². The summed E-state index contributed by atoms with van der Waals surface area (Å²) in [6, 6.07) is 0. The summed E-state index contributed by atoms with van der Waals surface area (Å²) in [5.41, 5.74) is 5.18. The van der Waals surface area contributed by atoms with Gasteiger partial charge in [0.15, 0.2) is 0 Å². The van der Waals surface area contributed by atoms with Crippen LogP contribution in [0.2, 0.25) is 0 Å². The minimum absolute atomic E-state index is 0.146. The summed E-state index contributed by atoms with van der Waals surface area (Å²) in [6.07, 6.45) is 0.656. The molecule has 0 aromatic heterocycles. The summed E-state index contributed by atoms with van der Waals surface area (Å²) in [5.74, 6) is 0. The van der Waals surface area contributed by atoms with Gasteiger partial charge in [0.2, 0.25) is 0 Å². The maximum atomic E-state index is 8.37. The highest BCUT2D eigenvalue weighted by atomic mass is 32.1. The van der Waals surface area contributed by atoms with Crippen molar-refractivity contribution >= 4 is 34.4 Å². The van der Waals surface area contributed by atoms with E-state index in [9.17, 15) is 0 Å². The fraction of sp³-hybridized carbons (Fsp3) is 0.600. The van der Waals surface area contributed by atoms with Crippen LogP contribution in [0.25, 0.3) is 0 Å². The number of nitrogens with two attached hydrogens (primary N) is 1. The molecule has 0 atom stereocenters. The van der Waals surface area contributed by atoms with Gasteiger partial charge in [0.25, 0.3) is 0 Å². The second-order valence-electron chi connectivity index (χ2n) is 1.70. The van der Waals surface area contributed by atoms with E-state index < -0.39 is 0 Å². The molecule has 0 saturated heterocycles. The van der Waals surface area contributed by atoms with Crippen LogP contribution < -0.4 is 11.1 Å². The lowest BCUT2D eigenvalue weighted by atomic mass is 10.4. The smallest absolute Gasteiger partial charge is 0.133 e. The van der Waals surface area contributed by atoms with Crippen LogP contribution in [0.5, 0.6) is 0 Å². The van der Waals surface area contributed by atoms with E-state index in [4.69, 9.17) is 23.1 Å². The predicted molar refractivity (Wildman–Crippen MR) is 49.1 cm³/mol. The maximum absolute atomic E-state index is 8.37. The fourth-order valence-corrected chi connectivity index (χ4v) is 0.542. The van der Waals surface area contributed by atoms with E-state index in [2.05, 4.69) is 17.5 Å². The van der Waals surface area contributed by atoms with Gasteiger partial charge >= 0.3 is 0 Å². The van der Waals surface area contributed by atoms with Crippen LogP contribution >= 0.6 is 24.4 Å². The zero-order valence-corrected chi connectivity index (χ0v) is 7.10. The quantitative estimate of drug-likeness (QED) is 0.404. The van der Waals surface area contributed by atoms with Gasteiger partial charge in [-0.15, -0.1) is 0 Å². The molecule has 0 radical (unpaired) electrons. The largest absolute Gasteiger partial charge is 0.396 e. The molecular formula is C5H10N2OS2. The van der Waals surface area contributed by atoms with Crippen molar-refractivity contribution in [3.8, 4) is 0 Å². The molecule has 0 amide bonds. The third-order valence-electron chi connectivity index (χ3n) is 0.844. The van der Waals surface area contributed by atoms with Crippen molar-refractivity contribution in [1.29, 1.82) is 0 Å². The fourth-order valence-electron chi connectivity index (χ4n) is 0.368. The van der Waals surface area contributed by atoms with E-state index in [0.29, 0.717) is 18.0 Å². The molecule has 0 fully saturated rings. The normalized spacial score (nSPS) is 8.90. The predicted octanol–water partition coefficient (Wildman–Crippen LogP) is -0.428. The van der Waals surface area contributed by atoms with Gasteiger partial charge in [-0.2, -0.15) is 0 Å². The molecule has 0 saturated carbocycles. The number of aliphatic hydroxyl groups is 1. The number of hydrogen-bond donors (Lipinski definition) is 3. The average molecular weight is 178 g/mol. The van der Waals surface area contributed by atoms with Gasteiger partial charge < -0.3 is 16.2 Å². The van der Waals surface area contributed by atoms with Gasteiger partial charge in [-0.1, -0.05) is 24.4 Å². The highest BCUT2D eigenvalue weighted by Crippen LogP contribution is 1.76. The average Bonchev–Trinajstić information content (AvgIpc) is 1.88. The first-order valence-electron chi connectivity index (χ1n) is 2.87. The number of nitrogens with one attached hydrogen (secondary N) is 1. The Morgan fingerprint density at radius 3 is 2.50 bits per heavy atom. The zero-order valence-electron chi connectivity index (χ0n) is 5.46. The van der Waals surface area contributed by atoms with E-state index in [-0.39, 0.29) is 11.6 Å². The van der Waals surface area contributed by atoms with E-state index in [1.54, 1.807) is 0 Å². The first-order valence-corrected chi connectivity index (χ1v) is 3.68. The van der Waals surface area contributed by atoms with Crippen LogP contribution in [0.15, 0.2) is 0 Å². The van der Waals surface area contributed by atoms with Crippen molar-refractivity contribution < 1.29 is 5.11 Å². The summed E-state index contributed by atoms with van der Waals surface area (Å²) in [6.45, 7) is 0.764. The molecule has 0 spiro atoms. The summed E-state index contributed by atoms with van der Waals surface area (Å²) in [5, 5.41) is 11.2. The summed E-state index contributed by atoms with van der Waals surface area (Å²) in [7, 11) is 0. The number of hydrogen-bond acceptors (Lipinski definition) is 3. The molecule has 58 valence electrons. The van der Waals surface area contributed by atoms with Crippen molar-refractivity contribution in [2.45, 2.75) is 6.42 Å². The van der Waals surface area contributed by atoms with Gasteiger partial charge in [-0.05, 0) is 6.42 Å².